The van der Waals surface area contributed by atoms with Gasteiger partial charge in [0, 0.05) is 6.20 Å². The van der Waals surface area contributed by atoms with Gasteiger partial charge in [0.05, 0.1) is 23.6 Å². The maximum absolute atomic E-state index is 10.9. The monoisotopic (exact) mass is 232 g/mol. The molecule has 0 spiro atoms. The Morgan fingerprint density at radius 3 is 2.53 bits per heavy atom. The normalized spacial score (nSPS) is 10.1. The van der Waals surface area contributed by atoms with Gasteiger partial charge in [-0.15, -0.1) is 0 Å². The highest BCUT2D eigenvalue weighted by Crippen LogP contribution is 2.07. The van der Waals surface area contributed by atoms with Crippen LogP contribution in [-0.4, -0.2) is 31.7 Å². The number of aromatic nitrogens is 3. The third-order valence-electron chi connectivity index (χ3n) is 2.10. The van der Waals surface area contributed by atoms with Crippen LogP contribution in [0.15, 0.2) is 30.7 Å². The largest absolute Gasteiger partial charge is 0.477 e. The lowest BCUT2D eigenvalue weighted by atomic mass is 10.3. The van der Waals surface area contributed by atoms with Crippen molar-refractivity contribution in [3.8, 4) is 5.69 Å². The van der Waals surface area contributed by atoms with Gasteiger partial charge in [0.2, 0.25) is 0 Å². The van der Waals surface area contributed by atoms with Crippen molar-refractivity contribution in [2.45, 2.75) is 0 Å². The van der Waals surface area contributed by atoms with Gasteiger partial charge in [-0.1, -0.05) is 0 Å². The first-order valence-corrected chi connectivity index (χ1v) is 4.62. The molecule has 3 N–H and O–H groups in total. The number of aromatic carboxylic acids is 1. The fourth-order valence-electron chi connectivity index (χ4n) is 1.24. The van der Waals surface area contributed by atoms with E-state index < -0.39 is 11.9 Å². The van der Waals surface area contributed by atoms with Crippen molar-refractivity contribution in [1.29, 1.82) is 0 Å². The predicted octanol–water partition coefficient (Wildman–Crippen LogP) is 0.0644. The Hall–Kier alpha value is -2.70. The zero-order valence-corrected chi connectivity index (χ0v) is 8.57. The fraction of sp³-hybridized carbons (Fsp3) is 0. The number of carboxylic acid groups (broad SMARTS) is 1. The average Bonchev–Trinajstić information content (AvgIpc) is 2.78. The first-order chi connectivity index (χ1) is 8.08. The minimum atomic E-state index is -1.10. The van der Waals surface area contributed by atoms with E-state index in [1.807, 2.05) is 0 Å². The van der Waals surface area contributed by atoms with E-state index >= 15 is 0 Å². The Kier molecular flexibility index (Phi) is 2.57. The summed E-state index contributed by atoms with van der Waals surface area (Å²) in [6.07, 6.45) is 4.12. The van der Waals surface area contributed by atoms with Crippen LogP contribution < -0.4 is 5.73 Å². The Morgan fingerprint density at radius 2 is 2.06 bits per heavy atom. The van der Waals surface area contributed by atoms with Gasteiger partial charge < -0.3 is 10.8 Å². The van der Waals surface area contributed by atoms with E-state index in [2.05, 4.69) is 10.1 Å². The molecule has 2 rings (SSSR count). The summed E-state index contributed by atoms with van der Waals surface area (Å²) in [6, 6.07) is 2.89. The molecular weight excluding hydrogens is 224 g/mol. The summed E-state index contributed by atoms with van der Waals surface area (Å²) in [5.41, 5.74) is 5.84. The second-order valence-corrected chi connectivity index (χ2v) is 3.24. The van der Waals surface area contributed by atoms with Gasteiger partial charge in [0.25, 0.3) is 5.91 Å². The average molecular weight is 232 g/mol. The summed E-state index contributed by atoms with van der Waals surface area (Å²) in [4.78, 5) is 25.2. The number of rotatable bonds is 3. The topological polar surface area (TPSA) is 111 Å². The molecule has 2 heterocycles. The summed E-state index contributed by atoms with van der Waals surface area (Å²) in [5, 5.41) is 12.6. The second-order valence-electron chi connectivity index (χ2n) is 3.24. The maximum Gasteiger partial charge on any atom is 0.354 e. The third kappa shape index (κ3) is 2.12. The Morgan fingerprint density at radius 1 is 1.29 bits per heavy atom. The van der Waals surface area contributed by atoms with E-state index in [4.69, 9.17) is 10.8 Å². The molecule has 1 amide bonds. The summed E-state index contributed by atoms with van der Waals surface area (Å²) >= 11 is 0. The van der Waals surface area contributed by atoms with Crippen LogP contribution in [0.1, 0.15) is 20.8 Å². The molecule has 7 nitrogen and oxygen atoms in total. The molecule has 0 aliphatic rings. The lowest BCUT2D eigenvalue weighted by Gasteiger charge is -2.00. The lowest BCUT2D eigenvalue weighted by Crippen LogP contribution is -2.09. The molecule has 7 heteroatoms. The van der Waals surface area contributed by atoms with Crippen LogP contribution in [0.3, 0.4) is 0 Å². The van der Waals surface area contributed by atoms with Gasteiger partial charge in [-0.3, -0.25) is 4.79 Å². The van der Waals surface area contributed by atoms with Crippen LogP contribution in [0.2, 0.25) is 0 Å². The fourth-order valence-corrected chi connectivity index (χ4v) is 1.24. The summed E-state index contributed by atoms with van der Waals surface area (Å²) < 4.78 is 1.39. The number of amides is 1. The molecule has 0 aliphatic heterocycles. The standard InChI is InChI=1S/C10H8N4O3/c11-9(15)6-3-13-14(5-6)7-1-2-8(10(16)17)12-4-7/h1-5H,(H2,11,15)(H,16,17). The molecule has 17 heavy (non-hydrogen) atoms. The highest BCUT2D eigenvalue weighted by Gasteiger charge is 2.07. The molecular formula is C10H8N4O3. The predicted molar refractivity (Wildman–Crippen MR) is 56.8 cm³/mol. The van der Waals surface area contributed by atoms with E-state index in [-0.39, 0.29) is 11.3 Å². The Labute approximate surface area is 95.5 Å². The van der Waals surface area contributed by atoms with Crippen molar-refractivity contribution in [3.63, 3.8) is 0 Å². The molecule has 0 saturated heterocycles. The number of nitrogens with two attached hydrogens (primary N) is 1. The van der Waals surface area contributed by atoms with Gasteiger partial charge >= 0.3 is 5.97 Å². The smallest absolute Gasteiger partial charge is 0.354 e. The summed E-state index contributed by atoms with van der Waals surface area (Å²) in [7, 11) is 0. The highest BCUT2D eigenvalue weighted by atomic mass is 16.4. The highest BCUT2D eigenvalue weighted by molar-refractivity contribution is 5.92. The molecule has 86 valence electrons. The van der Waals surface area contributed by atoms with E-state index in [0.29, 0.717) is 5.69 Å². The molecule has 0 aromatic carbocycles. The maximum atomic E-state index is 10.9. The number of carboxylic acids is 1. The quantitative estimate of drug-likeness (QED) is 0.777. The van der Waals surface area contributed by atoms with Crippen LogP contribution in [0.25, 0.3) is 5.69 Å². The van der Waals surface area contributed by atoms with Crippen molar-refractivity contribution < 1.29 is 14.7 Å². The van der Waals surface area contributed by atoms with Crippen LogP contribution in [0, 0.1) is 0 Å². The van der Waals surface area contributed by atoms with Crippen LogP contribution >= 0.6 is 0 Å². The first kappa shape index (κ1) is 10.8. The number of hydrogen-bond donors (Lipinski definition) is 2. The van der Waals surface area contributed by atoms with Gasteiger partial charge in [-0.05, 0) is 12.1 Å². The SMILES string of the molecule is NC(=O)c1cnn(-c2ccc(C(=O)O)nc2)c1. The first-order valence-electron chi connectivity index (χ1n) is 4.62. The van der Waals surface area contributed by atoms with Crippen molar-refractivity contribution in [2.75, 3.05) is 0 Å². The summed E-state index contributed by atoms with van der Waals surface area (Å²) in [5.74, 6) is -1.68. The minimum absolute atomic E-state index is 0.0592. The molecule has 0 atom stereocenters. The molecule has 0 aliphatic carbocycles. The Balaban J connectivity index is 2.33. The van der Waals surface area contributed by atoms with E-state index in [1.165, 1.54) is 35.4 Å². The van der Waals surface area contributed by atoms with Crippen LogP contribution in [0.5, 0.6) is 0 Å². The van der Waals surface area contributed by atoms with E-state index in [9.17, 15) is 9.59 Å². The molecule has 2 aromatic heterocycles. The molecule has 0 fully saturated rings. The number of nitrogens with zero attached hydrogens (tertiary/aromatic N) is 3. The minimum Gasteiger partial charge on any atom is -0.477 e. The van der Waals surface area contributed by atoms with Gasteiger partial charge in [0.1, 0.15) is 5.69 Å². The number of carbonyl (C=O) groups is 2. The van der Waals surface area contributed by atoms with Gasteiger partial charge in [-0.2, -0.15) is 5.10 Å². The number of pyridine rings is 1. The second kappa shape index (κ2) is 4.05. The van der Waals surface area contributed by atoms with E-state index in [0.717, 1.165) is 0 Å². The van der Waals surface area contributed by atoms with Crippen LogP contribution in [0.4, 0.5) is 0 Å². The van der Waals surface area contributed by atoms with Crippen molar-refractivity contribution in [1.82, 2.24) is 14.8 Å². The lowest BCUT2D eigenvalue weighted by molar-refractivity contribution is 0.0690. The molecule has 0 unspecified atom stereocenters. The third-order valence-corrected chi connectivity index (χ3v) is 2.10. The molecule has 2 aromatic rings. The van der Waals surface area contributed by atoms with Crippen molar-refractivity contribution in [3.05, 3.63) is 42.0 Å². The van der Waals surface area contributed by atoms with Crippen molar-refractivity contribution >= 4 is 11.9 Å². The zero-order chi connectivity index (χ0) is 12.4. The number of carbonyl (C=O) groups excluding carboxylic acids is 1. The number of hydrogen-bond acceptors (Lipinski definition) is 4. The summed E-state index contributed by atoms with van der Waals surface area (Å²) in [6.45, 7) is 0. The molecule has 0 radical (unpaired) electrons. The van der Waals surface area contributed by atoms with Crippen LogP contribution in [-0.2, 0) is 0 Å². The molecule has 0 bridgehead atoms. The molecule has 0 saturated carbocycles. The van der Waals surface area contributed by atoms with E-state index in [1.54, 1.807) is 0 Å². The van der Waals surface area contributed by atoms with Gasteiger partial charge in [0.15, 0.2) is 0 Å². The zero-order valence-electron chi connectivity index (χ0n) is 8.57. The van der Waals surface area contributed by atoms with Gasteiger partial charge in [-0.25, -0.2) is 14.5 Å². The van der Waals surface area contributed by atoms with Crippen molar-refractivity contribution in [2.24, 2.45) is 5.73 Å². The Bertz CT molecular complexity index is 573. The number of primary amides is 1.